The van der Waals surface area contributed by atoms with E-state index in [4.69, 9.17) is 0 Å². The Bertz CT molecular complexity index is 342. The number of aliphatic hydroxyl groups is 1. The van der Waals surface area contributed by atoms with E-state index in [9.17, 15) is 9.90 Å². The molecule has 0 heterocycles. The average molecular weight is 206 g/mol. The van der Waals surface area contributed by atoms with Crippen molar-refractivity contribution in [2.24, 2.45) is 0 Å². The molecule has 1 rings (SSSR count). The van der Waals surface area contributed by atoms with Crippen molar-refractivity contribution in [3.8, 4) is 0 Å². The zero-order chi connectivity index (χ0) is 11.4. The van der Waals surface area contributed by atoms with Gasteiger partial charge in [0.1, 0.15) is 5.78 Å². The number of aryl methyl sites for hydroxylation is 1. The Hall–Kier alpha value is -1.15. The molecule has 0 aromatic heterocycles. The summed E-state index contributed by atoms with van der Waals surface area (Å²) in [6.45, 7) is 5.30. The third-order valence-electron chi connectivity index (χ3n) is 2.68. The third kappa shape index (κ3) is 3.17. The normalized spacial score (nSPS) is 14.7. The molecule has 2 atom stereocenters. The fourth-order valence-corrected chi connectivity index (χ4v) is 1.85. The standard InChI is InChI=1S/C13H18O2/c1-9-6-4-5-7-12(9)13(11(3)15)8-10(2)14/h4-7,11,13,15H,8H2,1-3H3. The average Bonchev–Trinajstić information content (AvgIpc) is 2.15. The fraction of sp³-hybridized carbons (Fsp3) is 0.462. The van der Waals surface area contributed by atoms with Crippen molar-refractivity contribution in [1.82, 2.24) is 0 Å². The first kappa shape index (κ1) is 11.9. The van der Waals surface area contributed by atoms with Gasteiger partial charge in [-0.1, -0.05) is 24.3 Å². The van der Waals surface area contributed by atoms with Crippen molar-refractivity contribution in [2.75, 3.05) is 0 Å². The Kier molecular flexibility index (Phi) is 4.04. The van der Waals surface area contributed by atoms with Crippen LogP contribution >= 0.6 is 0 Å². The number of aliphatic hydroxyl groups excluding tert-OH is 1. The highest BCUT2D eigenvalue weighted by Crippen LogP contribution is 2.26. The van der Waals surface area contributed by atoms with E-state index in [1.165, 1.54) is 0 Å². The summed E-state index contributed by atoms with van der Waals surface area (Å²) in [6, 6.07) is 7.89. The molecule has 0 saturated carbocycles. The van der Waals surface area contributed by atoms with Gasteiger partial charge in [-0.2, -0.15) is 0 Å². The van der Waals surface area contributed by atoms with Crippen molar-refractivity contribution < 1.29 is 9.90 Å². The smallest absolute Gasteiger partial charge is 0.130 e. The molecule has 15 heavy (non-hydrogen) atoms. The number of rotatable bonds is 4. The van der Waals surface area contributed by atoms with Crippen LogP contribution in [0, 0.1) is 6.92 Å². The Balaban J connectivity index is 2.99. The van der Waals surface area contributed by atoms with Crippen LogP contribution in [-0.4, -0.2) is 17.0 Å². The maximum absolute atomic E-state index is 11.1. The van der Waals surface area contributed by atoms with Gasteiger partial charge < -0.3 is 9.90 Å². The second-order valence-corrected chi connectivity index (χ2v) is 4.11. The number of carbonyl (C=O) groups excluding carboxylic acids is 1. The Morgan fingerprint density at radius 1 is 1.40 bits per heavy atom. The van der Waals surface area contributed by atoms with Crippen LogP contribution in [0.25, 0.3) is 0 Å². The minimum Gasteiger partial charge on any atom is -0.393 e. The number of ketones is 1. The highest BCUT2D eigenvalue weighted by molar-refractivity contribution is 5.76. The second kappa shape index (κ2) is 5.08. The van der Waals surface area contributed by atoms with Gasteiger partial charge in [0.15, 0.2) is 0 Å². The third-order valence-corrected chi connectivity index (χ3v) is 2.68. The molecule has 0 spiro atoms. The van der Waals surface area contributed by atoms with E-state index in [1.54, 1.807) is 13.8 Å². The summed E-state index contributed by atoms with van der Waals surface area (Å²) < 4.78 is 0. The summed E-state index contributed by atoms with van der Waals surface area (Å²) in [5.41, 5.74) is 2.20. The van der Waals surface area contributed by atoms with Crippen LogP contribution in [0.1, 0.15) is 37.3 Å². The molecule has 2 unspecified atom stereocenters. The van der Waals surface area contributed by atoms with E-state index in [0.717, 1.165) is 11.1 Å². The topological polar surface area (TPSA) is 37.3 Å². The van der Waals surface area contributed by atoms with Crippen molar-refractivity contribution in [2.45, 2.75) is 39.2 Å². The first-order chi connectivity index (χ1) is 7.02. The molecule has 0 amide bonds. The van der Waals surface area contributed by atoms with Gasteiger partial charge in [0.2, 0.25) is 0 Å². The molecular formula is C13H18O2. The molecule has 0 aliphatic rings. The minimum atomic E-state index is -0.491. The molecule has 1 aromatic rings. The Morgan fingerprint density at radius 2 is 2.00 bits per heavy atom. The first-order valence-corrected chi connectivity index (χ1v) is 5.25. The van der Waals surface area contributed by atoms with Crippen LogP contribution in [0.4, 0.5) is 0 Å². The highest BCUT2D eigenvalue weighted by atomic mass is 16.3. The zero-order valence-electron chi connectivity index (χ0n) is 9.53. The molecule has 0 aliphatic carbocycles. The van der Waals surface area contributed by atoms with Gasteiger partial charge in [0.25, 0.3) is 0 Å². The maximum atomic E-state index is 11.1. The maximum Gasteiger partial charge on any atom is 0.130 e. The fourth-order valence-electron chi connectivity index (χ4n) is 1.85. The predicted molar refractivity (Wildman–Crippen MR) is 60.9 cm³/mol. The summed E-state index contributed by atoms with van der Waals surface area (Å²) >= 11 is 0. The van der Waals surface area contributed by atoms with Crippen LogP contribution in [-0.2, 0) is 4.79 Å². The second-order valence-electron chi connectivity index (χ2n) is 4.11. The minimum absolute atomic E-state index is 0.0799. The van der Waals surface area contributed by atoms with Crippen molar-refractivity contribution in [3.63, 3.8) is 0 Å². The summed E-state index contributed by atoms with van der Waals surface area (Å²) in [6.07, 6.45) is -0.0855. The number of hydrogen-bond donors (Lipinski definition) is 1. The predicted octanol–water partition coefficient (Wildman–Crippen LogP) is 2.44. The summed E-state index contributed by atoms with van der Waals surface area (Å²) in [7, 11) is 0. The highest BCUT2D eigenvalue weighted by Gasteiger charge is 2.20. The lowest BCUT2D eigenvalue weighted by Crippen LogP contribution is -2.18. The van der Waals surface area contributed by atoms with Gasteiger partial charge in [0, 0.05) is 12.3 Å². The van der Waals surface area contributed by atoms with Crippen LogP contribution in [0.2, 0.25) is 0 Å². The van der Waals surface area contributed by atoms with E-state index in [1.807, 2.05) is 31.2 Å². The van der Waals surface area contributed by atoms with Gasteiger partial charge in [-0.25, -0.2) is 0 Å². The summed E-state index contributed by atoms with van der Waals surface area (Å²) in [4.78, 5) is 11.1. The quantitative estimate of drug-likeness (QED) is 0.821. The SMILES string of the molecule is CC(=O)CC(c1ccccc1C)C(C)O. The monoisotopic (exact) mass is 206 g/mol. The molecule has 0 fully saturated rings. The molecule has 0 saturated heterocycles. The zero-order valence-corrected chi connectivity index (χ0v) is 9.53. The van der Waals surface area contributed by atoms with Crippen LogP contribution < -0.4 is 0 Å². The van der Waals surface area contributed by atoms with Crippen molar-refractivity contribution in [1.29, 1.82) is 0 Å². The molecule has 0 radical (unpaired) electrons. The number of Topliss-reactive ketones (excluding diaryl/α,β-unsaturated/α-hetero) is 1. The van der Waals surface area contributed by atoms with E-state index < -0.39 is 6.10 Å². The first-order valence-electron chi connectivity index (χ1n) is 5.25. The van der Waals surface area contributed by atoms with Gasteiger partial charge in [0.05, 0.1) is 6.10 Å². The number of hydrogen-bond acceptors (Lipinski definition) is 2. The molecule has 1 N–H and O–H groups in total. The number of carbonyl (C=O) groups is 1. The molecule has 2 heteroatoms. The Labute approximate surface area is 90.9 Å². The Morgan fingerprint density at radius 3 is 2.47 bits per heavy atom. The van der Waals surface area contributed by atoms with Crippen LogP contribution in [0.15, 0.2) is 24.3 Å². The van der Waals surface area contributed by atoms with E-state index in [-0.39, 0.29) is 11.7 Å². The lowest BCUT2D eigenvalue weighted by Gasteiger charge is -2.20. The lowest BCUT2D eigenvalue weighted by atomic mass is 9.87. The van der Waals surface area contributed by atoms with Crippen molar-refractivity contribution >= 4 is 5.78 Å². The molecule has 2 nitrogen and oxygen atoms in total. The summed E-state index contributed by atoms with van der Waals surface area (Å²) in [5.74, 6) is 0.0350. The molecule has 82 valence electrons. The van der Waals surface area contributed by atoms with Crippen molar-refractivity contribution in [3.05, 3.63) is 35.4 Å². The van der Waals surface area contributed by atoms with E-state index >= 15 is 0 Å². The van der Waals surface area contributed by atoms with Gasteiger partial charge >= 0.3 is 0 Å². The number of benzene rings is 1. The molecular weight excluding hydrogens is 188 g/mol. The largest absolute Gasteiger partial charge is 0.393 e. The van der Waals surface area contributed by atoms with E-state index in [0.29, 0.717) is 6.42 Å². The molecule has 1 aromatic carbocycles. The molecule has 0 bridgehead atoms. The van der Waals surface area contributed by atoms with Gasteiger partial charge in [-0.15, -0.1) is 0 Å². The summed E-state index contributed by atoms with van der Waals surface area (Å²) in [5, 5.41) is 9.69. The van der Waals surface area contributed by atoms with E-state index in [2.05, 4.69) is 0 Å². The van der Waals surface area contributed by atoms with Crippen LogP contribution in [0.5, 0.6) is 0 Å². The molecule has 0 aliphatic heterocycles. The lowest BCUT2D eigenvalue weighted by molar-refractivity contribution is -0.117. The van der Waals surface area contributed by atoms with Gasteiger partial charge in [-0.05, 0) is 31.9 Å². The van der Waals surface area contributed by atoms with Crippen LogP contribution in [0.3, 0.4) is 0 Å². The van der Waals surface area contributed by atoms with Gasteiger partial charge in [-0.3, -0.25) is 0 Å².